The minimum absolute atomic E-state index is 0.0910. The lowest BCUT2D eigenvalue weighted by Crippen LogP contribution is -2.48. The Morgan fingerprint density at radius 3 is 1.48 bits per heavy atom. The maximum absolute atomic E-state index is 2.70. The van der Waals surface area contributed by atoms with Gasteiger partial charge in [0, 0.05) is 49.5 Å². The lowest BCUT2D eigenvalue weighted by Gasteiger charge is -2.45. The Morgan fingerprint density at radius 1 is 0.403 bits per heavy atom. The molecule has 4 atom stereocenters. The maximum Gasteiger partial charge on any atom is 0.0548 e. The zero-order chi connectivity index (χ0) is 52.1. The molecule has 2 aliphatic rings. The molecule has 0 fully saturated rings. The molecule has 0 aliphatic heterocycles. The quantitative estimate of drug-likeness (QED) is 0.107. The van der Waals surface area contributed by atoms with Crippen molar-refractivity contribution in [2.75, 3.05) is 9.80 Å². The van der Waals surface area contributed by atoms with Crippen LogP contribution in [-0.2, 0) is 6.42 Å². The molecule has 12 rings (SSSR count). The molecule has 0 saturated heterocycles. The third-order valence-corrected chi connectivity index (χ3v) is 16.8. The van der Waals surface area contributed by atoms with E-state index >= 15 is 0 Å². The number of hydrogen-bond acceptors (Lipinski definition) is 3. The molecule has 10 aromatic rings. The van der Waals surface area contributed by atoms with Crippen LogP contribution in [0.15, 0.2) is 285 Å². The summed E-state index contributed by atoms with van der Waals surface area (Å²) in [6.07, 6.45) is 15.5. The van der Waals surface area contributed by atoms with Gasteiger partial charge in [0.2, 0.25) is 0 Å². The number of anilines is 4. The topological polar surface area (TPSA) is 6.48 Å². The predicted molar refractivity (Wildman–Crippen MR) is 331 cm³/mol. The van der Waals surface area contributed by atoms with Crippen molar-refractivity contribution in [3.63, 3.8) is 0 Å². The van der Waals surface area contributed by atoms with E-state index in [0.717, 1.165) is 23.5 Å². The fourth-order valence-corrected chi connectivity index (χ4v) is 12.9. The molecule has 374 valence electrons. The van der Waals surface area contributed by atoms with Gasteiger partial charge in [0.25, 0.3) is 0 Å². The molecule has 3 heteroatoms. The van der Waals surface area contributed by atoms with Crippen LogP contribution in [0.5, 0.6) is 0 Å². The molecule has 0 radical (unpaired) electrons. The van der Waals surface area contributed by atoms with Gasteiger partial charge in [-0.15, -0.1) is 11.3 Å². The van der Waals surface area contributed by atoms with Gasteiger partial charge in [0.15, 0.2) is 0 Å². The number of hydrogen-bond donors (Lipinski definition) is 0. The SMILES string of the molecule is CCc1cccc(N(c2ccc(-c3ccccc3)cc2)c2ccc(-c3sc(C4=CC(C)C(N(c5cccc(-c6ccccc6)c5)C5C=CC=C(c6ccccc6)C5C)C=C4)c(-c4ccccc4)c3-c3ccccc3)cc2)c1. The highest BCUT2D eigenvalue weighted by Crippen LogP contribution is 2.52. The summed E-state index contributed by atoms with van der Waals surface area (Å²) in [5.41, 5.74) is 20.8. The normalized spacial score (nSPS) is 16.9. The van der Waals surface area contributed by atoms with Gasteiger partial charge in [-0.25, -0.2) is 0 Å². The third kappa shape index (κ3) is 10.1. The summed E-state index contributed by atoms with van der Waals surface area (Å²) in [5.74, 6) is 0.418. The monoisotopic (exact) mass is 1010 g/mol. The lowest BCUT2D eigenvalue weighted by atomic mass is 9.81. The molecule has 0 bridgehead atoms. The van der Waals surface area contributed by atoms with Crippen LogP contribution in [0.3, 0.4) is 0 Å². The predicted octanol–water partition coefficient (Wildman–Crippen LogP) is 20.2. The first-order valence-corrected chi connectivity index (χ1v) is 28.0. The van der Waals surface area contributed by atoms with Crippen LogP contribution in [0.4, 0.5) is 22.7 Å². The second kappa shape index (κ2) is 22.2. The van der Waals surface area contributed by atoms with Gasteiger partial charge in [-0.2, -0.15) is 0 Å². The average molecular weight is 1010 g/mol. The molecule has 9 aromatic carbocycles. The third-order valence-electron chi connectivity index (χ3n) is 15.5. The van der Waals surface area contributed by atoms with Gasteiger partial charge in [0.1, 0.15) is 0 Å². The van der Waals surface area contributed by atoms with Crippen LogP contribution in [0.1, 0.15) is 36.8 Å². The van der Waals surface area contributed by atoms with E-state index in [0.29, 0.717) is 0 Å². The van der Waals surface area contributed by atoms with Gasteiger partial charge in [-0.3, -0.25) is 0 Å². The van der Waals surface area contributed by atoms with E-state index in [1.54, 1.807) is 0 Å². The van der Waals surface area contributed by atoms with Gasteiger partial charge in [0.05, 0.1) is 12.1 Å². The first-order valence-electron chi connectivity index (χ1n) is 27.2. The van der Waals surface area contributed by atoms with Gasteiger partial charge >= 0.3 is 0 Å². The smallest absolute Gasteiger partial charge is 0.0548 e. The molecule has 0 saturated carbocycles. The van der Waals surface area contributed by atoms with E-state index < -0.39 is 0 Å². The largest absolute Gasteiger partial charge is 0.357 e. The number of benzene rings is 9. The zero-order valence-corrected chi connectivity index (χ0v) is 44.8. The molecule has 0 N–H and O–H groups in total. The molecule has 77 heavy (non-hydrogen) atoms. The number of thiophene rings is 1. The number of aryl methyl sites for hydroxylation is 1. The lowest BCUT2D eigenvalue weighted by molar-refractivity contribution is 0.485. The summed E-state index contributed by atoms with van der Waals surface area (Å²) >= 11 is 1.92. The second-order valence-electron chi connectivity index (χ2n) is 20.4. The van der Waals surface area contributed by atoms with E-state index in [1.165, 1.54) is 87.8 Å². The van der Waals surface area contributed by atoms with E-state index in [-0.39, 0.29) is 23.9 Å². The van der Waals surface area contributed by atoms with Gasteiger partial charge < -0.3 is 9.80 Å². The van der Waals surface area contributed by atoms with E-state index in [1.807, 2.05) is 11.3 Å². The number of allylic oxidation sites excluding steroid dienone is 4. The molecule has 0 amide bonds. The van der Waals surface area contributed by atoms with Crippen LogP contribution < -0.4 is 9.80 Å². The van der Waals surface area contributed by atoms with Crippen molar-refractivity contribution >= 4 is 45.2 Å². The summed E-state index contributed by atoms with van der Waals surface area (Å²) in [4.78, 5) is 7.63. The Kier molecular flexibility index (Phi) is 14.2. The van der Waals surface area contributed by atoms with E-state index in [9.17, 15) is 0 Å². The molecule has 2 aliphatic carbocycles. The second-order valence-corrected chi connectivity index (χ2v) is 21.4. The van der Waals surface area contributed by atoms with Crippen molar-refractivity contribution < 1.29 is 0 Å². The van der Waals surface area contributed by atoms with Crippen LogP contribution in [0.2, 0.25) is 0 Å². The summed E-state index contributed by atoms with van der Waals surface area (Å²) in [6, 6.07) is 91.0. The van der Waals surface area contributed by atoms with Gasteiger partial charge in [-0.05, 0) is 122 Å². The minimum atomic E-state index is 0.0910. The zero-order valence-electron chi connectivity index (χ0n) is 44.0. The molecule has 0 spiro atoms. The summed E-state index contributed by atoms with van der Waals surface area (Å²) in [7, 11) is 0. The Balaban J connectivity index is 0.954. The van der Waals surface area contributed by atoms with Crippen molar-refractivity contribution in [2.24, 2.45) is 11.8 Å². The van der Waals surface area contributed by atoms with Crippen LogP contribution in [0, 0.1) is 11.8 Å². The highest BCUT2D eigenvalue weighted by Gasteiger charge is 2.35. The standard InChI is InChI=1S/C74H62N2S/c1-4-54-23-20-35-66(50-54)75(64-44-39-57(40-45-64)55-24-10-5-11-25-55)65-46-41-61(42-47-65)73-71(59-30-16-8-17-31-59)72(60-32-18-9-19-33-60)74(77-73)63-43-48-69(52(2)49-63)76(67-36-21-34-62(51-67)56-26-12-6-13-27-56)70-38-22-37-68(53(70)3)58-28-14-7-15-29-58/h5-53,69-70H,4H2,1-3H3. The molecule has 4 unspecified atom stereocenters. The molecular formula is C74H62N2S. The fourth-order valence-electron chi connectivity index (χ4n) is 11.6. The minimum Gasteiger partial charge on any atom is -0.357 e. The Morgan fingerprint density at radius 2 is 0.896 bits per heavy atom. The first kappa shape index (κ1) is 49.1. The molecule has 2 nitrogen and oxygen atoms in total. The fraction of sp³-hybridized carbons (Fsp3) is 0.108. The van der Waals surface area contributed by atoms with Crippen LogP contribution in [-0.4, -0.2) is 12.1 Å². The van der Waals surface area contributed by atoms with Crippen molar-refractivity contribution in [2.45, 2.75) is 39.3 Å². The molecule has 1 heterocycles. The van der Waals surface area contributed by atoms with E-state index in [4.69, 9.17) is 0 Å². The molecular weight excluding hydrogens is 949 g/mol. The van der Waals surface area contributed by atoms with Crippen molar-refractivity contribution in [1.29, 1.82) is 0 Å². The Bertz CT molecular complexity index is 3740. The van der Waals surface area contributed by atoms with Crippen LogP contribution >= 0.6 is 11.3 Å². The average Bonchev–Trinajstić information content (AvgIpc) is 3.91. The van der Waals surface area contributed by atoms with E-state index in [2.05, 4.69) is 316 Å². The Hall–Kier alpha value is -8.76. The van der Waals surface area contributed by atoms with Gasteiger partial charge in [-0.1, -0.05) is 257 Å². The summed E-state index contributed by atoms with van der Waals surface area (Å²) in [6.45, 7) is 7.04. The molecule has 1 aromatic heterocycles. The highest BCUT2D eigenvalue weighted by atomic mass is 32.1. The summed E-state index contributed by atoms with van der Waals surface area (Å²) < 4.78 is 0. The van der Waals surface area contributed by atoms with Crippen molar-refractivity contribution in [3.05, 3.63) is 301 Å². The Labute approximate surface area is 459 Å². The van der Waals surface area contributed by atoms with Crippen molar-refractivity contribution in [1.82, 2.24) is 0 Å². The number of rotatable bonds is 14. The van der Waals surface area contributed by atoms with Crippen LogP contribution in [0.25, 0.3) is 66.1 Å². The van der Waals surface area contributed by atoms with Crippen molar-refractivity contribution in [3.8, 4) is 54.9 Å². The summed E-state index contributed by atoms with van der Waals surface area (Å²) in [5, 5.41) is 0. The first-order chi connectivity index (χ1) is 38.0. The maximum atomic E-state index is 2.70. The number of nitrogens with zero attached hydrogens (tertiary/aromatic N) is 2. The highest BCUT2D eigenvalue weighted by molar-refractivity contribution is 7.18.